The summed E-state index contributed by atoms with van der Waals surface area (Å²) in [6.07, 6.45) is 0. The Balaban J connectivity index is 2.54. The average molecular weight is 203 g/mol. The molecule has 1 aromatic heterocycles. The van der Waals surface area contributed by atoms with Crippen molar-refractivity contribution in [2.24, 2.45) is 0 Å². The first kappa shape index (κ1) is 10.2. The summed E-state index contributed by atoms with van der Waals surface area (Å²) in [6.45, 7) is 6.09. The van der Waals surface area contributed by atoms with Gasteiger partial charge in [-0.3, -0.25) is 4.68 Å². The molecule has 0 aliphatic rings. The fourth-order valence-corrected chi connectivity index (χ4v) is 1.93. The number of fused-ring (bicyclic) bond motifs is 1. The van der Waals surface area contributed by atoms with E-state index in [1.807, 2.05) is 11.7 Å². The fourth-order valence-electron chi connectivity index (χ4n) is 1.93. The summed E-state index contributed by atoms with van der Waals surface area (Å²) in [4.78, 5) is 0. The Morgan fingerprint density at radius 3 is 2.87 bits per heavy atom. The molecule has 0 saturated heterocycles. The third-order valence-electron chi connectivity index (χ3n) is 2.75. The van der Waals surface area contributed by atoms with Gasteiger partial charge in [0.1, 0.15) is 0 Å². The van der Waals surface area contributed by atoms with Crippen LogP contribution in [0.4, 0.5) is 0 Å². The molecule has 2 rings (SSSR count). The van der Waals surface area contributed by atoms with Crippen LogP contribution in [0.3, 0.4) is 0 Å². The summed E-state index contributed by atoms with van der Waals surface area (Å²) in [7, 11) is 1.96. The number of aryl methyl sites for hydroxylation is 2. The smallest absolute Gasteiger partial charge is 0.0926 e. The van der Waals surface area contributed by atoms with E-state index in [0.717, 1.165) is 18.6 Å². The number of hydrogen-bond acceptors (Lipinski definition) is 2. The number of aromatic nitrogens is 2. The molecular formula is C12H17N3. The lowest BCUT2D eigenvalue weighted by molar-refractivity contribution is 0.647. The van der Waals surface area contributed by atoms with Crippen molar-refractivity contribution >= 4 is 10.9 Å². The summed E-state index contributed by atoms with van der Waals surface area (Å²) < 4.78 is 2.05. The van der Waals surface area contributed by atoms with E-state index in [1.54, 1.807) is 0 Å². The van der Waals surface area contributed by atoms with Crippen LogP contribution in [0.5, 0.6) is 0 Å². The second-order valence-electron chi connectivity index (χ2n) is 3.78. The highest BCUT2D eigenvalue weighted by Crippen LogP contribution is 2.19. The number of benzene rings is 1. The lowest BCUT2D eigenvalue weighted by Gasteiger charge is -2.00. The molecular weight excluding hydrogens is 186 g/mol. The summed E-state index contributed by atoms with van der Waals surface area (Å²) in [6, 6.07) is 6.45. The molecule has 0 radical (unpaired) electrons. The third kappa shape index (κ3) is 1.75. The van der Waals surface area contributed by atoms with Gasteiger partial charge in [0, 0.05) is 24.2 Å². The van der Waals surface area contributed by atoms with Crippen LogP contribution in [0.1, 0.15) is 18.2 Å². The predicted octanol–water partition coefficient (Wildman–Crippen LogP) is 2.08. The molecule has 1 aromatic carbocycles. The Morgan fingerprint density at radius 2 is 2.20 bits per heavy atom. The summed E-state index contributed by atoms with van der Waals surface area (Å²) >= 11 is 0. The number of nitrogens with one attached hydrogen (secondary N) is 1. The maximum absolute atomic E-state index is 4.53. The largest absolute Gasteiger partial charge is 0.316 e. The molecule has 3 heteroatoms. The van der Waals surface area contributed by atoms with Crippen LogP contribution in [0, 0.1) is 6.92 Å². The van der Waals surface area contributed by atoms with E-state index in [-0.39, 0.29) is 0 Å². The molecule has 0 unspecified atom stereocenters. The van der Waals surface area contributed by atoms with Gasteiger partial charge in [0.2, 0.25) is 0 Å². The molecule has 0 atom stereocenters. The van der Waals surface area contributed by atoms with E-state index in [4.69, 9.17) is 0 Å². The van der Waals surface area contributed by atoms with Crippen molar-refractivity contribution in [2.45, 2.75) is 26.9 Å². The summed E-state index contributed by atoms with van der Waals surface area (Å²) in [5, 5.41) is 8.96. The molecule has 1 N–H and O–H groups in total. The van der Waals surface area contributed by atoms with Crippen LogP contribution in [0.15, 0.2) is 18.2 Å². The Morgan fingerprint density at radius 1 is 1.40 bits per heavy atom. The van der Waals surface area contributed by atoms with E-state index in [1.165, 1.54) is 16.6 Å². The van der Waals surface area contributed by atoms with Crippen molar-refractivity contribution in [1.29, 1.82) is 0 Å². The van der Waals surface area contributed by atoms with Gasteiger partial charge in [0.25, 0.3) is 0 Å². The van der Waals surface area contributed by atoms with E-state index < -0.39 is 0 Å². The van der Waals surface area contributed by atoms with Crippen LogP contribution < -0.4 is 5.32 Å². The van der Waals surface area contributed by atoms with Crippen molar-refractivity contribution in [2.75, 3.05) is 7.05 Å². The molecule has 0 aliphatic carbocycles. The minimum atomic E-state index is 0.909. The standard InChI is InChI=1S/C12H17N3/c1-4-15-9(2)11-7-10(8-13-3)5-6-12(11)14-15/h5-7,13H,4,8H2,1-3H3. The van der Waals surface area contributed by atoms with E-state index in [2.05, 4.69) is 42.5 Å². The molecule has 0 fully saturated rings. The number of nitrogens with zero attached hydrogens (tertiary/aromatic N) is 2. The maximum Gasteiger partial charge on any atom is 0.0926 e. The monoisotopic (exact) mass is 203 g/mol. The van der Waals surface area contributed by atoms with Gasteiger partial charge in [-0.2, -0.15) is 5.10 Å². The van der Waals surface area contributed by atoms with Crippen molar-refractivity contribution in [3.05, 3.63) is 29.5 Å². The van der Waals surface area contributed by atoms with E-state index in [0.29, 0.717) is 0 Å². The van der Waals surface area contributed by atoms with Crippen molar-refractivity contribution in [3.63, 3.8) is 0 Å². The highest BCUT2D eigenvalue weighted by molar-refractivity contribution is 5.82. The second-order valence-corrected chi connectivity index (χ2v) is 3.78. The first-order valence-electron chi connectivity index (χ1n) is 5.37. The number of rotatable bonds is 3. The zero-order valence-electron chi connectivity index (χ0n) is 9.54. The van der Waals surface area contributed by atoms with Gasteiger partial charge in [-0.05, 0) is 38.6 Å². The van der Waals surface area contributed by atoms with Gasteiger partial charge in [0.15, 0.2) is 0 Å². The van der Waals surface area contributed by atoms with Gasteiger partial charge in [0.05, 0.1) is 5.52 Å². The predicted molar refractivity (Wildman–Crippen MR) is 62.9 cm³/mol. The minimum absolute atomic E-state index is 0.909. The molecule has 0 aliphatic heterocycles. The van der Waals surface area contributed by atoms with Crippen LogP contribution in [0.25, 0.3) is 10.9 Å². The molecule has 1 heterocycles. The first-order chi connectivity index (χ1) is 7.26. The SMILES string of the molecule is CCn1nc2ccc(CNC)cc2c1C. The second kappa shape index (κ2) is 4.03. The van der Waals surface area contributed by atoms with Crippen molar-refractivity contribution in [3.8, 4) is 0 Å². The van der Waals surface area contributed by atoms with Gasteiger partial charge >= 0.3 is 0 Å². The normalized spacial score (nSPS) is 11.1. The first-order valence-corrected chi connectivity index (χ1v) is 5.37. The molecule has 0 saturated carbocycles. The Labute approximate surface area is 90.1 Å². The van der Waals surface area contributed by atoms with Crippen molar-refractivity contribution in [1.82, 2.24) is 15.1 Å². The molecule has 2 aromatic rings. The van der Waals surface area contributed by atoms with Crippen LogP contribution in [-0.2, 0) is 13.1 Å². The van der Waals surface area contributed by atoms with Gasteiger partial charge in [-0.15, -0.1) is 0 Å². The highest BCUT2D eigenvalue weighted by Gasteiger charge is 2.06. The van der Waals surface area contributed by atoms with Crippen LogP contribution in [0.2, 0.25) is 0 Å². The maximum atomic E-state index is 4.53. The Hall–Kier alpha value is -1.35. The molecule has 80 valence electrons. The average Bonchev–Trinajstić information content (AvgIpc) is 2.56. The lowest BCUT2D eigenvalue weighted by atomic mass is 10.1. The number of hydrogen-bond donors (Lipinski definition) is 1. The summed E-state index contributed by atoms with van der Waals surface area (Å²) in [5.74, 6) is 0. The van der Waals surface area contributed by atoms with E-state index >= 15 is 0 Å². The van der Waals surface area contributed by atoms with Crippen LogP contribution in [-0.4, -0.2) is 16.8 Å². The lowest BCUT2D eigenvalue weighted by Crippen LogP contribution is -2.04. The minimum Gasteiger partial charge on any atom is -0.316 e. The quantitative estimate of drug-likeness (QED) is 0.827. The molecule has 0 spiro atoms. The molecule has 0 bridgehead atoms. The Kier molecular flexibility index (Phi) is 2.73. The topological polar surface area (TPSA) is 29.9 Å². The fraction of sp³-hybridized carbons (Fsp3) is 0.417. The molecule has 0 amide bonds. The van der Waals surface area contributed by atoms with Crippen molar-refractivity contribution < 1.29 is 0 Å². The van der Waals surface area contributed by atoms with Gasteiger partial charge in [-0.1, -0.05) is 6.07 Å². The molecule has 15 heavy (non-hydrogen) atoms. The van der Waals surface area contributed by atoms with Crippen LogP contribution >= 0.6 is 0 Å². The summed E-state index contributed by atoms with van der Waals surface area (Å²) in [5.41, 5.74) is 3.66. The highest BCUT2D eigenvalue weighted by atomic mass is 15.3. The van der Waals surface area contributed by atoms with E-state index in [9.17, 15) is 0 Å². The van der Waals surface area contributed by atoms with Gasteiger partial charge in [-0.25, -0.2) is 0 Å². The molecule has 3 nitrogen and oxygen atoms in total. The third-order valence-corrected chi connectivity index (χ3v) is 2.75. The van der Waals surface area contributed by atoms with Gasteiger partial charge < -0.3 is 5.32 Å². The zero-order chi connectivity index (χ0) is 10.8. The Bertz CT molecular complexity index is 471. The zero-order valence-corrected chi connectivity index (χ0v) is 9.54.